The van der Waals surface area contributed by atoms with Gasteiger partial charge < -0.3 is 16.4 Å². The second-order valence-corrected chi connectivity index (χ2v) is 4.55. The highest BCUT2D eigenvalue weighted by atomic mass is 16.6. The zero-order valence-electron chi connectivity index (χ0n) is 10.4. The van der Waals surface area contributed by atoms with Crippen LogP contribution in [0.3, 0.4) is 0 Å². The van der Waals surface area contributed by atoms with Gasteiger partial charge in [0.25, 0.3) is 11.6 Å². The Balaban J connectivity index is 2.45. The summed E-state index contributed by atoms with van der Waals surface area (Å²) in [6.45, 7) is 1.26. The van der Waals surface area contributed by atoms with E-state index in [1.165, 1.54) is 12.1 Å². The number of primary amides is 1. The lowest BCUT2D eigenvalue weighted by Crippen LogP contribution is -2.36. The minimum atomic E-state index is -0.665. The fourth-order valence-corrected chi connectivity index (χ4v) is 2.48. The molecule has 102 valence electrons. The molecule has 0 aliphatic carbocycles. The van der Waals surface area contributed by atoms with E-state index in [1.807, 2.05) is 4.90 Å². The summed E-state index contributed by atoms with van der Waals surface area (Å²) >= 11 is 0. The van der Waals surface area contributed by atoms with Gasteiger partial charge in [-0.05, 0) is 18.9 Å². The number of hydrogen-bond acceptors (Lipinski definition) is 5. The third kappa shape index (κ3) is 2.50. The standard InChI is InChI=1S/C12H16N4O3/c13-7-9-2-1-5-15(9)11-4-3-8(16(18)19)6-10(11)12(14)17/h3-4,6,9H,1-2,5,7,13H2,(H2,14,17). The van der Waals surface area contributed by atoms with Gasteiger partial charge in [0.2, 0.25) is 0 Å². The second-order valence-electron chi connectivity index (χ2n) is 4.55. The Morgan fingerprint density at radius 3 is 2.84 bits per heavy atom. The average Bonchev–Trinajstić information content (AvgIpc) is 2.85. The molecule has 4 N–H and O–H groups in total. The molecule has 1 amide bonds. The van der Waals surface area contributed by atoms with E-state index in [-0.39, 0.29) is 17.3 Å². The van der Waals surface area contributed by atoms with E-state index in [2.05, 4.69) is 0 Å². The van der Waals surface area contributed by atoms with Crippen molar-refractivity contribution in [3.8, 4) is 0 Å². The first kappa shape index (κ1) is 13.3. The molecule has 1 heterocycles. The highest BCUT2D eigenvalue weighted by Gasteiger charge is 2.27. The number of non-ortho nitro benzene ring substituents is 1. The lowest BCUT2D eigenvalue weighted by Gasteiger charge is -2.27. The predicted octanol–water partition coefficient (Wildman–Crippen LogP) is 0.621. The molecule has 1 fully saturated rings. The maximum atomic E-state index is 11.5. The highest BCUT2D eigenvalue weighted by Crippen LogP contribution is 2.30. The van der Waals surface area contributed by atoms with Crippen LogP contribution < -0.4 is 16.4 Å². The maximum Gasteiger partial charge on any atom is 0.270 e. The van der Waals surface area contributed by atoms with Crippen molar-refractivity contribution < 1.29 is 9.72 Å². The summed E-state index contributed by atoms with van der Waals surface area (Å²) in [6, 6.07) is 4.34. The molecule has 1 atom stereocenters. The Kier molecular flexibility index (Phi) is 3.66. The summed E-state index contributed by atoms with van der Waals surface area (Å²) in [5.41, 5.74) is 11.7. The normalized spacial score (nSPS) is 18.6. The fourth-order valence-electron chi connectivity index (χ4n) is 2.48. The molecule has 1 aromatic carbocycles. The van der Waals surface area contributed by atoms with Crippen LogP contribution >= 0.6 is 0 Å². The van der Waals surface area contributed by atoms with Crippen LogP contribution in [0.2, 0.25) is 0 Å². The van der Waals surface area contributed by atoms with E-state index >= 15 is 0 Å². The average molecular weight is 264 g/mol. The molecule has 1 aliphatic rings. The largest absolute Gasteiger partial charge is 0.367 e. The molecule has 7 nitrogen and oxygen atoms in total. The quantitative estimate of drug-likeness (QED) is 0.611. The van der Waals surface area contributed by atoms with Crippen molar-refractivity contribution in [2.45, 2.75) is 18.9 Å². The number of carbonyl (C=O) groups excluding carboxylic acids is 1. The van der Waals surface area contributed by atoms with Crippen molar-refractivity contribution in [3.05, 3.63) is 33.9 Å². The highest BCUT2D eigenvalue weighted by molar-refractivity contribution is 5.99. The summed E-state index contributed by atoms with van der Waals surface area (Å²) in [4.78, 5) is 23.7. The van der Waals surface area contributed by atoms with Crippen LogP contribution in [0.15, 0.2) is 18.2 Å². The van der Waals surface area contributed by atoms with E-state index in [0.717, 1.165) is 19.4 Å². The van der Waals surface area contributed by atoms with Crippen LogP contribution in [0.4, 0.5) is 11.4 Å². The lowest BCUT2D eigenvalue weighted by atomic mass is 10.1. The van der Waals surface area contributed by atoms with Gasteiger partial charge in [0.05, 0.1) is 16.2 Å². The second kappa shape index (κ2) is 5.23. The van der Waals surface area contributed by atoms with Crippen LogP contribution in [0, 0.1) is 10.1 Å². The first-order valence-electron chi connectivity index (χ1n) is 6.09. The first-order valence-corrected chi connectivity index (χ1v) is 6.09. The molecule has 0 spiro atoms. The zero-order valence-corrected chi connectivity index (χ0v) is 10.4. The number of carbonyl (C=O) groups is 1. The Morgan fingerprint density at radius 2 is 2.26 bits per heavy atom. The number of nitro groups is 1. The molecule has 7 heteroatoms. The fraction of sp³-hybridized carbons (Fsp3) is 0.417. The van der Waals surface area contributed by atoms with E-state index in [1.54, 1.807) is 6.07 Å². The van der Waals surface area contributed by atoms with Gasteiger partial charge in [-0.1, -0.05) is 0 Å². The summed E-state index contributed by atoms with van der Waals surface area (Å²) in [7, 11) is 0. The van der Waals surface area contributed by atoms with Crippen LogP contribution in [-0.2, 0) is 0 Å². The van der Waals surface area contributed by atoms with Crippen molar-refractivity contribution in [2.24, 2.45) is 11.5 Å². The molecule has 1 saturated heterocycles. The molecule has 1 aliphatic heterocycles. The van der Waals surface area contributed by atoms with E-state index in [0.29, 0.717) is 12.2 Å². The molecular weight excluding hydrogens is 248 g/mol. The molecule has 1 aromatic rings. The van der Waals surface area contributed by atoms with Crippen molar-refractivity contribution in [1.29, 1.82) is 0 Å². The van der Waals surface area contributed by atoms with Crippen molar-refractivity contribution in [2.75, 3.05) is 18.0 Å². The van der Waals surface area contributed by atoms with Gasteiger partial charge in [0.15, 0.2) is 0 Å². The SMILES string of the molecule is NCC1CCCN1c1ccc([N+](=O)[O-])cc1C(N)=O. The van der Waals surface area contributed by atoms with Gasteiger partial charge in [0.1, 0.15) is 0 Å². The van der Waals surface area contributed by atoms with Gasteiger partial charge in [-0.15, -0.1) is 0 Å². The smallest absolute Gasteiger partial charge is 0.270 e. The molecule has 19 heavy (non-hydrogen) atoms. The Hall–Kier alpha value is -2.15. The Labute approximate surface area is 110 Å². The minimum Gasteiger partial charge on any atom is -0.367 e. The summed E-state index contributed by atoms with van der Waals surface area (Å²) in [5, 5.41) is 10.7. The minimum absolute atomic E-state index is 0.138. The monoisotopic (exact) mass is 264 g/mol. The molecule has 2 rings (SSSR count). The number of hydrogen-bond donors (Lipinski definition) is 2. The lowest BCUT2D eigenvalue weighted by molar-refractivity contribution is -0.384. The first-order chi connectivity index (χ1) is 9.04. The van der Waals surface area contributed by atoms with Crippen LogP contribution in [0.25, 0.3) is 0 Å². The molecule has 0 radical (unpaired) electrons. The molecule has 1 unspecified atom stereocenters. The number of benzene rings is 1. The van der Waals surface area contributed by atoms with Crippen molar-refractivity contribution in [1.82, 2.24) is 0 Å². The number of amides is 1. The van der Waals surface area contributed by atoms with Gasteiger partial charge in [0, 0.05) is 31.3 Å². The number of anilines is 1. The molecule has 0 bridgehead atoms. The van der Waals surface area contributed by atoms with Crippen molar-refractivity contribution >= 4 is 17.3 Å². The van der Waals surface area contributed by atoms with Gasteiger partial charge >= 0.3 is 0 Å². The summed E-state index contributed by atoms with van der Waals surface area (Å²) in [6.07, 6.45) is 1.93. The van der Waals surface area contributed by atoms with Gasteiger partial charge in [-0.3, -0.25) is 14.9 Å². The topological polar surface area (TPSA) is 115 Å². The van der Waals surface area contributed by atoms with Crippen LogP contribution in [0.5, 0.6) is 0 Å². The third-order valence-electron chi connectivity index (χ3n) is 3.42. The summed E-state index contributed by atoms with van der Waals surface area (Å²) < 4.78 is 0. The number of nitrogens with two attached hydrogens (primary N) is 2. The molecule has 0 aromatic heterocycles. The van der Waals surface area contributed by atoms with Gasteiger partial charge in [-0.2, -0.15) is 0 Å². The van der Waals surface area contributed by atoms with Gasteiger partial charge in [-0.25, -0.2) is 0 Å². The molecular formula is C12H16N4O3. The van der Waals surface area contributed by atoms with Crippen LogP contribution in [0.1, 0.15) is 23.2 Å². The number of rotatable bonds is 4. The Bertz CT molecular complexity index is 518. The van der Waals surface area contributed by atoms with Crippen molar-refractivity contribution in [3.63, 3.8) is 0 Å². The zero-order chi connectivity index (χ0) is 14.0. The number of nitro benzene ring substituents is 1. The maximum absolute atomic E-state index is 11.5. The van der Waals surface area contributed by atoms with E-state index in [4.69, 9.17) is 11.5 Å². The Morgan fingerprint density at radius 1 is 1.53 bits per heavy atom. The predicted molar refractivity (Wildman–Crippen MR) is 71.0 cm³/mol. The van der Waals surface area contributed by atoms with E-state index < -0.39 is 10.8 Å². The molecule has 0 saturated carbocycles. The summed E-state index contributed by atoms with van der Waals surface area (Å²) in [5.74, 6) is -0.665. The third-order valence-corrected chi connectivity index (χ3v) is 3.42. The van der Waals surface area contributed by atoms with E-state index in [9.17, 15) is 14.9 Å². The van der Waals surface area contributed by atoms with Crippen LogP contribution in [-0.4, -0.2) is 30.0 Å². The number of nitrogens with zero attached hydrogens (tertiary/aromatic N) is 2.